The van der Waals surface area contributed by atoms with Gasteiger partial charge in [-0.25, -0.2) is 0 Å². The molecular weight excluding hydrogens is 390 g/mol. The maximum Gasteiger partial charge on any atom is 0.163 e. The van der Waals surface area contributed by atoms with Crippen molar-refractivity contribution in [2.75, 3.05) is 14.1 Å². The van der Waals surface area contributed by atoms with Crippen LogP contribution in [-0.4, -0.2) is 44.6 Å². The maximum absolute atomic E-state index is 10.4. The first-order valence-electron chi connectivity index (χ1n) is 10.8. The molecule has 0 bridgehead atoms. The zero-order valence-electron chi connectivity index (χ0n) is 19.0. The summed E-state index contributed by atoms with van der Waals surface area (Å²) in [5, 5.41) is 10.3. The van der Waals surface area contributed by atoms with Crippen molar-refractivity contribution in [1.82, 2.24) is 4.90 Å². The van der Waals surface area contributed by atoms with E-state index in [1.54, 1.807) is 6.07 Å². The highest BCUT2D eigenvalue weighted by Gasteiger charge is 2.59. The van der Waals surface area contributed by atoms with Crippen molar-refractivity contribution in [3.05, 3.63) is 53.1 Å². The fraction of sp³-hybridized carbons (Fsp3) is 0.520. The van der Waals surface area contributed by atoms with Gasteiger partial charge in [0.15, 0.2) is 21.0 Å². The van der Waals surface area contributed by atoms with Gasteiger partial charge >= 0.3 is 0 Å². The lowest BCUT2D eigenvalue weighted by molar-refractivity contribution is 0.1000. The first-order valence-corrected chi connectivity index (χ1v) is 11.9. The van der Waals surface area contributed by atoms with E-state index in [0.717, 1.165) is 46.0 Å². The Morgan fingerprint density at radius 2 is 1.97 bits per heavy atom. The van der Waals surface area contributed by atoms with E-state index in [4.69, 9.17) is 9.47 Å². The quantitative estimate of drug-likeness (QED) is 0.647. The van der Waals surface area contributed by atoms with Crippen molar-refractivity contribution in [3.63, 3.8) is 0 Å². The summed E-state index contributed by atoms with van der Waals surface area (Å²) < 4.78 is 12.3. The highest BCUT2D eigenvalue weighted by Crippen LogP contribution is 2.47. The summed E-state index contributed by atoms with van der Waals surface area (Å²) in [6, 6.07) is 12.3. The zero-order valence-corrected chi connectivity index (χ0v) is 20.0. The molecule has 0 saturated carbocycles. The maximum atomic E-state index is 10.4. The molecule has 2 aliphatic heterocycles. The van der Waals surface area contributed by atoms with Crippen LogP contribution in [0.2, 0.25) is 0 Å². The van der Waals surface area contributed by atoms with Crippen LogP contribution in [0, 0.1) is 0 Å². The lowest BCUT2D eigenvalue weighted by Gasteiger charge is -2.30. The van der Waals surface area contributed by atoms with Gasteiger partial charge in [0.05, 0.1) is 0 Å². The fourth-order valence-corrected chi connectivity index (χ4v) is 5.23. The number of phenols is 1. The number of hydrogen-bond acceptors (Lipinski definition) is 4. The van der Waals surface area contributed by atoms with Gasteiger partial charge in [-0.2, -0.15) is 0 Å². The highest BCUT2D eigenvalue weighted by atomic mass is 28.2. The van der Waals surface area contributed by atoms with E-state index in [-0.39, 0.29) is 16.4 Å². The smallest absolute Gasteiger partial charge is 0.163 e. The molecular formula is C25H33NO3Si. The average Bonchev–Trinajstić information content (AvgIpc) is 3.34. The Morgan fingerprint density at radius 1 is 1.20 bits per heavy atom. The normalized spacial score (nSPS) is 23.2. The van der Waals surface area contributed by atoms with E-state index in [0.29, 0.717) is 11.7 Å². The molecule has 4 rings (SSSR count). The van der Waals surface area contributed by atoms with Crippen LogP contribution in [0.1, 0.15) is 63.1 Å². The molecule has 1 N–H and O–H groups in total. The third-order valence-electron chi connectivity index (χ3n) is 6.52. The second kappa shape index (κ2) is 7.61. The van der Waals surface area contributed by atoms with Gasteiger partial charge in [-0.05, 0) is 74.5 Å². The van der Waals surface area contributed by atoms with Crippen molar-refractivity contribution in [2.45, 2.75) is 69.4 Å². The van der Waals surface area contributed by atoms with E-state index in [1.807, 2.05) is 20.2 Å². The van der Waals surface area contributed by atoms with E-state index in [1.165, 1.54) is 11.1 Å². The van der Waals surface area contributed by atoms with Crippen LogP contribution in [0.5, 0.6) is 17.2 Å². The van der Waals surface area contributed by atoms with Gasteiger partial charge in [0.1, 0.15) is 16.7 Å². The minimum atomic E-state index is -0.109. The Bertz CT molecular complexity index is 942. The number of rotatable bonds is 7. The fourth-order valence-electron chi connectivity index (χ4n) is 4.32. The molecule has 0 spiro atoms. The molecule has 2 aromatic rings. The molecule has 1 fully saturated rings. The van der Waals surface area contributed by atoms with Crippen molar-refractivity contribution in [3.8, 4) is 17.2 Å². The number of hydrogen-bond donors (Lipinski definition) is 1. The third kappa shape index (κ3) is 4.10. The second-order valence-corrected chi connectivity index (χ2v) is 11.7. The Morgan fingerprint density at radius 3 is 2.70 bits per heavy atom. The summed E-state index contributed by atoms with van der Waals surface area (Å²) in [7, 11) is 4.80. The number of phenolic OH excluding ortho intramolecular Hbond substituents is 1. The zero-order chi connectivity index (χ0) is 21.7. The summed E-state index contributed by atoms with van der Waals surface area (Å²) >= 11 is 0. The number of nitrogens with zero attached hydrogens (tertiary/aromatic N) is 1. The van der Waals surface area contributed by atoms with Crippen LogP contribution in [0.25, 0.3) is 0 Å². The minimum absolute atomic E-state index is 0.0226. The second-order valence-electron chi connectivity index (χ2n) is 9.92. The molecule has 0 aromatic heterocycles. The molecule has 2 aromatic carbocycles. The van der Waals surface area contributed by atoms with Gasteiger partial charge in [0, 0.05) is 12.1 Å². The van der Waals surface area contributed by atoms with Crippen molar-refractivity contribution < 1.29 is 14.6 Å². The first-order chi connectivity index (χ1) is 14.1. The minimum Gasteiger partial charge on any atom is -0.508 e. The third-order valence-corrected chi connectivity index (χ3v) is 8.08. The number of benzene rings is 2. The number of aromatic hydroxyl groups is 1. The van der Waals surface area contributed by atoms with E-state index >= 15 is 0 Å². The summed E-state index contributed by atoms with van der Waals surface area (Å²) in [6.07, 6.45) is 2.10. The molecule has 160 valence electrons. The first kappa shape index (κ1) is 21.3. The SMILES string of the molecule is CC(CCC(C)(C)c1ccc2c(c1)OC1(C)[Si]C1O2)c1cccc(O)c1CN(C)C. The van der Waals surface area contributed by atoms with Crippen LogP contribution in [-0.2, 0) is 12.0 Å². The molecule has 30 heavy (non-hydrogen) atoms. The standard InChI is InChI=1S/C25H33NO3Si/c1-16(18-8-7-9-20(27)19(18)15-26(5)6)12-13-24(2,3)17-10-11-21-22(14-17)29-25(4)23(28-21)30-25/h7-11,14,16,23,27H,12-13,15H2,1-6H3. The molecule has 2 radical (unpaired) electrons. The molecule has 2 aliphatic rings. The monoisotopic (exact) mass is 423 g/mol. The Balaban J connectivity index is 1.48. The molecule has 4 nitrogen and oxygen atoms in total. The van der Waals surface area contributed by atoms with Crippen molar-refractivity contribution >= 4 is 9.52 Å². The lowest BCUT2D eigenvalue weighted by atomic mass is 9.77. The summed E-state index contributed by atoms with van der Waals surface area (Å²) in [5.74, 6) is 2.53. The molecule has 1 saturated heterocycles. The summed E-state index contributed by atoms with van der Waals surface area (Å²) in [5.41, 5.74) is 3.83. The van der Waals surface area contributed by atoms with Gasteiger partial charge in [0.2, 0.25) is 0 Å². The van der Waals surface area contributed by atoms with Gasteiger partial charge in [-0.15, -0.1) is 0 Å². The largest absolute Gasteiger partial charge is 0.508 e. The van der Waals surface area contributed by atoms with Gasteiger partial charge in [-0.3, -0.25) is 0 Å². The van der Waals surface area contributed by atoms with Gasteiger partial charge < -0.3 is 19.5 Å². The molecule has 5 heteroatoms. The molecule has 0 aliphatic carbocycles. The van der Waals surface area contributed by atoms with E-state index < -0.39 is 0 Å². The van der Waals surface area contributed by atoms with Crippen molar-refractivity contribution in [1.29, 1.82) is 0 Å². The highest BCUT2D eigenvalue weighted by molar-refractivity contribution is 6.56. The topological polar surface area (TPSA) is 41.9 Å². The molecule has 2 heterocycles. The summed E-state index contributed by atoms with van der Waals surface area (Å²) in [6.45, 7) is 9.76. The average molecular weight is 424 g/mol. The molecule has 3 unspecified atom stereocenters. The van der Waals surface area contributed by atoms with E-state index in [2.05, 4.69) is 56.9 Å². The predicted octanol–water partition coefficient (Wildman–Crippen LogP) is 4.85. The van der Waals surface area contributed by atoms with Crippen molar-refractivity contribution in [2.24, 2.45) is 0 Å². The van der Waals surface area contributed by atoms with Gasteiger partial charge in [0.25, 0.3) is 0 Å². The Hall–Kier alpha value is -1.98. The van der Waals surface area contributed by atoms with Gasteiger partial charge in [-0.1, -0.05) is 39.0 Å². The molecule has 0 amide bonds. The Kier molecular flexibility index (Phi) is 5.39. The summed E-state index contributed by atoms with van der Waals surface area (Å²) in [4.78, 5) is 2.11. The van der Waals surface area contributed by atoms with E-state index in [9.17, 15) is 5.11 Å². The Labute approximate surface area is 183 Å². The van der Waals surface area contributed by atoms with Crippen LogP contribution in [0.15, 0.2) is 36.4 Å². The lowest BCUT2D eigenvalue weighted by Crippen LogP contribution is -2.27. The number of ether oxygens (including phenoxy) is 2. The van der Waals surface area contributed by atoms with Crippen LogP contribution < -0.4 is 9.47 Å². The van der Waals surface area contributed by atoms with Crippen LogP contribution >= 0.6 is 0 Å². The number of fused-ring (bicyclic) bond motifs is 2. The van der Waals surface area contributed by atoms with Crippen LogP contribution in [0.3, 0.4) is 0 Å². The predicted molar refractivity (Wildman–Crippen MR) is 122 cm³/mol. The molecule has 3 atom stereocenters. The van der Waals surface area contributed by atoms with Crippen LogP contribution in [0.4, 0.5) is 0 Å².